The number of halogens is 1. The number of hydrogen-bond acceptors (Lipinski definition) is 5. The van der Waals surface area contributed by atoms with Crippen molar-refractivity contribution >= 4 is 23.4 Å². The second kappa shape index (κ2) is 5.54. The number of benzene rings is 1. The van der Waals surface area contributed by atoms with E-state index in [1.807, 2.05) is 19.9 Å². The minimum atomic E-state index is 0.164. The van der Waals surface area contributed by atoms with Crippen LogP contribution in [0.2, 0.25) is 5.02 Å². The first kappa shape index (κ1) is 14.4. The first-order valence-electron chi connectivity index (χ1n) is 6.13. The lowest BCUT2D eigenvalue weighted by atomic mass is 9.98. The van der Waals surface area contributed by atoms with Crippen LogP contribution in [0.3, 0.4) is 0 Å². The first-order chi connectivity index (χ1) is 9.43. The van der Waals surface area contributed by atoms with Gasteiger partial charge in [-0.3, -0.25) is 0 Å². The summed E-state index contributed by atoms with van der Waals surface area (Å²) < 4.78 is 5.43. The van der Waals surface area contributed by atoms with Gasteiger partial charge in [-0.25, -0.2) is 4.98 Å². The quantitative estimate of drug-likeness (QED) is 0.907. The van der Waals surface area contributed by atoms with E-state index in [9.17, 15) is 0 Å². The minimum absolute atomic E-state index is 0.164. The van der Waals surface area contributed by atoms with Gasteiger partial charge in [0.2, 0.25) is 5.95 Å². The lowest BCUT2D eigenvalue weighted by Gasteiger charge is -2.15. The van der Waals surface area contributed by atoms with Crippen molar-refractivity contribution in [3.8, 4) is 5.75 Å². The van der Waals surface area contributed by atoms with Crippen molar-refractivity contribution < 1.29 is 4.74 Å². The molecular weight excluding hydrogens is 276 g/mol. The van der Waals surface area contributed by atoms with Crippen LogP contribution in [-0.2, 0) is 6.42 Å². The zero-order valence-corrected chi connectivity index (χ0v) is 12.5. The SMILES string of the molecule is COc1cc(C)c(Cl)c(C)c1Cc1cnc(N)nc1N. The van der Waals surface area contributed by atoms with Crippen LogP contribution in [0.4, 0.5) is 11.8 Å². The summed E-state index contributed by atoms with van der Waals surface area (Å²) in [7, 11) is 1.63. The van der Waals surface area contributed by atoms with Gasteiger partial charge in [-0.15, -0.1) is 0 Å². The van der Waals surface area contributed by atoms with Crippen molar-refractivity contribution in [2.75, 3.05) is 18.6 Å². The zero-order valence-electron chi connectivity index (χ0n) is 11.7. The average Bonchev–Trinajstić information content (AvgIpc) is 2.41. The summed E-state index contributed by atoms with van der Waals surface area (Å²) in [5.74, 6) is 1.31. The molecule has 6 heteroatoms. The molecule has 0 aliphatic heterocycles. The number of nitrogens with two attached hydrogens (primary N) is 2. The number of rotatable bonds is 3. The van der Waals surface area contributed by atoms with E-state index >= 15 is 0 Å². The fourth-order valence-electron chi connectivity index (χ4n) is 2.12. The van der Waals surface area contributed by atoms with E-state index in [1.165, 1.54) is 0 Å². The van der Waals surface area contributed by atoms with Gasteiger partial charge in [-0.1, -0.05) is 11.6 Å². The molecule has 0 fully saturated rings. The van der Waals surface area contributed by atoms with E-state index in [0.29, 0.717) is 12.2 Å². The molecule has 2 rings (SSSR count). The number of nitrogen functional groups attached to an aromatic ring is 2. The summed E-state index contributed by atoms with van der Waals surface area (Å²) in [5, 5.41) is 0.732. The molecule has 4 N–H and O–H groups in total. The molecule has 5 nitrogen and oxygen atoms in total. The second-order valence-corrected chi connectivity index (χ2v) is 5.01. The van der Waals surface area contributed by atoms with Crippen molar-refractivity contribution in [2.45, 2.75) is 20.3 Å². The van der Waals surface area contributed by atoms with Crippen molar-refractivity contribution in [1.29, 1.82) is 0 Å². The number of ether oxygens (including phenoxy) is 1. The number of anilines is 2. The molecule has 0 aliphatic rings. The van der Waals surface area contributed by atoms with E-state index in [4.69, 9.17) is 27.8 Å². The monoisotopic (exact) mass is 292 g/mol. The van der Waals surface area contributed by atoms with Crippen LogP contribution in [-0.4, -0.2) is 17.1 Å². The number of hydrogen-bond donors (Lipinski definition) is 2. The van der Waals surface area contributed by atoms with E-state index in [0.717, 1.165) is 33.0 Å². The topological polar surface area (TPSA) is 87.0 Å². The third kappa shape index (κ3) is 2.63. The number of aromatic nitrogens is 2. The Bertz CT molecular complexity index is 658. The summed E-state index contributed by atoms with van der Waals surface area (Å²) in [6, 6.07) is 1.92. The third-order valence-electron chi connectivity index (χ3n) is 3.28. The standard InChI is InChI=1S/C14H17ClN4O/c1-7-4-11(20-3)10(8(2)12(7)15)5-9-6-18-14(17)19-13(9)16/h4,6H,5H2,1-3H3,(H4,16,17,18,19). The van der Waals surface area contributed by atoms with Crippen LogP contribution in [0.5, 0.6) is 5.75 Å². The minimum Gasteiger partial charge on any atom is -0.496 e. The molecule has 20 heavy (non-hydrogen) atoms. The molecule has 0 bridgehead atoms. The Hall–Kier alpha value is -2.01. The van der Waals surface area contributed by atoms with Crippen LogP contribution >= 0.6 is 11.6 Å². The van der Waals surface area contributed by atoms with Gasteiger partial charge in [0, 0.05) is 28.8 Å². The maximum Gasteiger partial charge on any atom is 0.221 e. The highest BCUT2D eigenvalue weighted by Gasteiger charge is 2.15. The second-order valence-electron chi connectivity index (χ2n) is 4.63. The lowest BCUT2D eigenvalue weighted by Crippen LogP contribution is -2.06. The molecule has 1 aromatic carbocycles. The van der Waals surface area contributed by atoms with Gasteiger partial charge in [0.1, 0.15) is 11.6 Å². The Morgan fingerprint density at radius 2 is 2.00 bits per heavy atom. The molecule has 2 aromatic rings. The van der Waals surface area contributed by atoms with Crippen molar-refractivity contribution in [1.82, 2.24) is 9.97 Å². The van der Waals surface area contributed by atoms with E-state index in [-0.39, 0.29) is 5.95 Å². The fourth-order valence-corrected chi connectivity index (χ4v) is 2.29. The van der Waals surface area contributed by atoms with Crippen LogP contribution < -0.4 is 16.2 Å². The molecule has 0 saturated heterocycles. The molecule has 1 aromatic heterocycles. The molecule has 1 heterocycles. The number of methoxy groups -OCH3 is 1. The Morgan fingerprint density at radius 3 is 2.60 bits per heavy atom. The zero-order chi connectivity index (χ0) is 14.9. The predicted octanol–water partition coefficient (Wildman–Crippen LogP) is 2.51. The fraction of sp³-hybridized carbons (Fsp3) is 0.286. The highest BCUT2D eigenvalue weighted by molar-refractivity contribution is 6.32. The Labute approximate surface area is 122 Å². The van der Waals surface area contributed by atoms with Gasteiger partial charge >= 0.3 is 0 Å². The summed E-state index contributed by atoms with van der Waals surface area (Å²) in [6.45, 7) is 3.91. The van der Waals surface area contributed by atoms with Gasteiger partial charge in [-0.2, -0.15) is 4.98 Å². The van der Waals surface area contributed by atoms with Crippen LogP contribution in [0.25, 0.3) is 0 Å². The average molecular weight is 293 g/mol. The molecule has 0 saturated carbocycles. The summed E-state index contributed by atoms with van der Waals surface area (Å²) >= 11 is 6.30. The van der Waals surface area contributed by atoms with Gasteiger partial charge in [0.15, 0.2) is 0 Å². The normalized spacial score (nSPS) is 10.6. The van der Waals surface area contributed by atoms with E-state index in [2.05, 4.69) is 9.97 Å². The maximum atomic E-state index is 6.30. The highest BCUT2D eigenvalue weighted by atomic mass is 35.5. The Morgan fingerprint density at radius 1 is 1.30 bits per heavy atom. The summed E-state index contributed by atoms with van der Waals surface area (Å²) in [4.78, 5) is 7.94. The summed E-state index contributed by atoms with van der Waals surface area (Å²) in [6.07, 6.45) is 2.17. The van der Waals surface area contributed by atoms with Crippen LogP contribution in [0, 0.1) is 13.8 Å². The Kier molecular flexibility index (Phi) is 3.99. The van der Waals surface area contributed by atoms with Crippen molar-refractivity contribution in [3.05, 3.63) is 39.5 Å². The van der Waals surface area contributed by atoms with Crippen molar-refractivity contribution in [2.24, 2.45) is 0 Å². The molecule has 0 amide bonds. The highest BCUT2D eigenvalue weighted by Crippen LogP contribution is 2.33. The molecule has 0 radical (unpaired) electrons. The molecule has 0 atom stereocenters. The molecular formula is C14H17ClN4O. The summed E-state index contributed by atoms with van der Waals surface area (Å²) in [5.41, 5.74) is 15.1. The van der Waals surface area contributed by atoms with Crippen molar-refractivity contribution in [3.63, 3.8) is 0 Å². The molecule has 0 aliphatic carbocycles. The maximum absolute atomic E-state index is 6.30. The van der Waals surface area contributed by atoms with E-state index < -0.39 is 0 Å². The smallest absolute Gasteiger partial charge is 0.221 e. The number of nitrogens with zero attached hydrogens (tertiary/aromatic N) is 2. The third-order valence-corrected chi connectivity index (χ3v) is 3.86. The van der Waals surface area contributed by atoms with E-state index in [1.54, 1.807) is 13.3 Å². The molecule has 0 spiro atoms. The Balaban J connectivity index is 2.50. The van der Waals surface area contributed by atoms with Gasteiger partial charge in [-0.05, 0) is 31.0 Å². The lowest BCUT2D eigenvalue weighted by molar-refractivity contribution is 0.410. The van der Waals surface area contributed by atoms with Crippen LogP contribution in [0.1, 0.15) is 22.3 Å². The predicted molar refractivity (Wildman–Crippen MR) is 81.1 cm³/mol. The molecule has 106 valence electrons. The first-order valence-corrected chi connectivity index (χ1v) is 6.51. The van der Waals surface area contributed by atoms with Gasteiger partial charge < -0.3 is 16.2 Å². The van der Waals surface area contributed by atoms with Gasteiger partial charge in [0.25, 0.3) is 0 Å². The number of aryl methyl sites for hydroxylation is 1. The van der Waals surface area contributed by atoms with Gasteiger partial charge in [0.05, 0.1) is 7.11 Å². The van der Waals surface area contributed by atoms with Crippen LogP contribution in [0.15, 0.2) is 12.3 Å². The largest absolute Gasteiger partial charge is 0.496 e. The molecule has 0 unspecified atom stereocenters.